The average molecular weight is 255 g/mol. The second-order valence-electron chi connectivity index (χ2n) is 3.31. The van der Waals surface area contributed by atoms with Gasteiger partial charge in [0, 0.05) is 22.0 Å². The van der Waals surface area contributed by atoms with E-state index in [4.69, 9.17) is 4.74 Å². The Morgan fingerprint density at radius 2 is 2.43 bits per heavy atom. The minimum atomic E-state index is 0.730. The van der Waals surface area contributed by atoms with Crippen molar-refractivity contribution in [1.82, 2.24) is 0 Å². The lowest BCUT2D eigenvalue weighted by Gasteiger charge is -2.10. The molecule has 0 aliphatic carbocycles. The highest BCUT2D eigenvalue weighted by Gasteiger charge is 2.20. The summed E-state index contributed by atoms with van der Waals surface area (Å²) in [5.41, 5.74) is 2.97. The van der Waals surface area contributed by atoms with Crippen molar-refractivity contribution in [3.63, 3.8) is 0 Å². The molecule has 0 aromatic heterocycles. The van der Waals surface area contributed by atoms with Crippen LogP contribution in [-0.4, -0.2) is 12.9 Å². The lowest BCUT2D eigenvalue weighted by atomic mass is 10.0. The molecular weight excluding hydrogens is 244 g/mol. The molecule has 0 N–H and O–H groups in total. The number of aldehydes is 1. The maximum absolute atomic E-state index is 10.9. The first-order valence-electron chi connectivity index (χ1n) is 4.70. The van der Waals surface area contributed by atoms with Crippen molar-refractivity contribution >= 4 is 22.2 Å². The van der Waals surface area contributed by atoms with E-state index < -0.39 is 0 Å². The Balaban J connectivity index is 2.68. The number of hydrogen-bond donors (Lipinski definition) is 0. The van der Waals surface area contributed by atoms with E-state index in [-0.39, 0.29) is 0 Å². The number of hydrogen-bond acceptors (Lipinski definition) is 2. The van der Waals surface area contributed by atoms with Gasteiger partial charge in [-0.05, 0) is 18.1 Å². The molecule has 0 saturated carbocycles. The van der Waals surface area contributed by atoms with Gasteiger partial charge in [0.05, 0.1) is 6.61 Å². The van der Waals surface area contributed by atoms with Crippen LogP contribution in [0.2, 0.25) is 0 Å². The van der Waals surface area contributed by atoms with Crippen molar-refractivity contribution in [3.8, 4) is 5.75 Å². The van der Waals surface area contributed by atoms with Gasteiger partial charge in [-0.2, -0.15) is 0 Å². The van der Waals surface area contributed by atoms with Crippen LogP contribution in [0.1, 0.15) is 28.4 Å². The highest BCUT2D eigenvalue weighted by atomic mass is 79.9. The molecule has 1 heterocycles. The number of ether oxygens (including phenoxy) is 1. The van der Waals surface area contributed by atoms with Gasteiger partial charge >= 0.3 is 0 Å². The van der Waals surface area contributed by atoms with Gasteiger partial charge in [-0.3, -0.25) is 4.79 Å². The Bertz CT molecular complexity index is 385. The summed E-state index contributed by atoms with van der Waals surface area (Å²) in [5.74, 6) is 0.929. The molecule has 0 spiro atoms. The summed E-state index contributed by atoms with van der Waals surface area (Å²) < 4.78 is 6.42. The highest BCUT2D eigenvalue weighted by molar-refractivity contribution is 9.10. The fraction of sp³-hybridized carbons (Fsp3) is 0.364. The predicted molar refractivity (Wildman–Crippen MR) is 58.1 cm³/mol. The Kier molecular flexibility index (Phi) is 2.59. The fourth-order valence-electron chi connectivity index (χ4n) is 1.86. The first-order valence-corrected chi connectivity index (χ1v) is 5.49. The van der Waals surface area contributed by atoms with Gasteiger partial charge in [-0.1, -0.05) is 22.9 Å². The van der Waals surface area contributed by atoms with E-state index in [1.807, 2.05) is 13.0 Å². The molecule has 1 aliphatic rings. The zero-order valence-electron chi connectivity index (χ0n) is 7.97. The smallest absolute Gasteiger partial charge is 0.151 e. The quantitative estimate of drug-likeness (QED) is 0.759. The average Bonchev–Trinajstić information content (AvgIpc) is 2.62. The molecule has 14 heavy (non-hydrogen) atoms. The van der Waals surface area contributed by atoms with Gasteiger partial charge in [0.15, 0.2) is 6.29 Å². The van der Waals surface area contributed by atoms with Crippen molar-refractivity contribution in [2.24, 2.45) is 0 Å². The van der Waals surface area contributed by atoms with Crippen LogP contribution in [0.4, 0.5) is 0 Å². The minimum absolute atomic E-state index is 0.730. The van der Waals surface area contributed by atoms with E-state index in [1.165, 1.54) is 5.56 Å². The monoisotopic (exact) mass is 254 g/mol. The summed E-state index contributed by atoms with van der Waals surface area (Å²) >= 11 is 3.41. The molecule has 0 bridgehead atoms. The zero-order valence-corrected chi connectivity index (χ0v) is 9.56. The molecule has 0 saturated heterocycles. The van der Waals surface area contributed by atoms with E-state index in [0.717, 1.165) is 47.1 Å². The molecule has 1 aliphatic heterocycles. The zero-order chi connectivity index (χ0) is 10.1. The van der Waals surface area contributed by atoms with Crippen LogP contribution in [0, 0.1) is 0 Å². The molecule has 0 amide bonds. The molecule has 3 heteroatoms. The predicted octanol–water partition coefficient (Wildman–Crippen LogP) is 2.76. The van der Waals surface area contributed by atoms with E-state index in [9.17, 15) is 4.79 Å². The molecule has 0 unspecified atom stereocenters. The van der Waals surface area contributed by atoms with E-state index in [1.54, 1.807) is 0 Å². The topological polar surface area (TPSA) is 26.3 Å². The van der Waals surface area contributed by atoms with Crippen LogP contribution in [0.15, 0.2) is 10.5 Å². The number of rotatable bonds is 2. The number of halogens is 1. The molecule has 0 radical (unpaired) electrons. The Morgan fingerprint density at radius 1 is 1.64 bits per heavy atom. The van der Waals surface area contributed by atoms with Gasteiger partial charge in [0.2, 0.25) is 0 Å². The molecule has 1 aromatic carbocycles. The number of carbonyl (C=O) groups is 1. The normalized spacial score (nSPS) is 13.6. The molecule has 0 atom stereocenters. The number of carbonyl (C=O) groups excluding carboxylic acids is 1. The highest BCUT2D eigenvalue weighted by Crippen LogP contribution is 2.36. The van der Waals surface area contributed by atoms with Crippen molar-refractivity contribution < 1.29 is 9.53 Å². The Labute approximate surface area is 91.4 Å². The second kappa shape index (κ2) is 3.73. The minimum Gasteiger partial charge on any atom is -0.493 e. The van der Waals surface area contributed by atoms with Gasteiger partial charge in [0.25, 0.3) is 0 Å². The van der Waals surface area contributed by atoms with Crippen molar-refractivity contribution in [2.45, 2.75) is 19.8 Å². The first kappa shape index (κ1) is 9.71. The second-order valence-corrected chi connectivity index (χ2v) is 4.16. The summed E-state index contributed by atoms with van der Waals surface area (Å²) in [6.45, 7) is 2.77. The SMILES string of the molecule is CCc1c(C=O)c(Br)cc2c1OCC2. The van der Waals surface area contributed by atoms with Crippen LogP contribution in [-0.2, 0) is 12.8 Å². The Hall–Kier alpha value is -0.830. The third-order valence-corrected chi connectivity index (χ3v) is 3.19. The maximum Gasteiger partial charge on any atom is 0.151 e. The summed E-state index contributed by atoms with van der Waals surface area (Å²) in [4.78, 5) is 10.9. The van der Waals surface area contributed by atoms with E-state index in [0.29, 0.717) is 0 Å². The summed E-state index contributed by atoms with van der Waals surface area (Å²) in [6.07, 6.45) is 2.67. The standard InChI is InChI=1S/C11H11BrO2/c1-2-8-9(6-13)10(12)5-7-3-4-14-11(7)8/h5-6H,2-4H2,1H3. The first-order chi connectivity index (χ1) is 6.77. The summed E-state index contributed by atoms with van der Waals surface area (Å²) in [6, 6.07) is 1.99. The molecule has 2 rings (SSSR count). The molecule has 2 nitrogen and oxygen atoms in total. The molecule has 74 valence electrons. The summed E-state index contributed by atoms with van der Waals surface area (Å²) in [5, 5.41) is 0. The van der Waals surface area contributed by atoms with Crippen LogP contribution in [0.5, 0.6) is 5.75 Å². The fourth-order valence-corrected chi connectivity index (χ4v) is 2.47. The van der Waals surface area contributed by atoms with Gasteiger partial charge in [0.1, 0.15) is 5.75 Å². The van der Waals surface area contributed by atoms with Gasteiger partial charge in [-0.25, -0.2) is 0 Å². The molecule has 0 fully saturated rings. The molecule has 1 aromatic rings. The van der Waals surface area contributed by atoms with Crippen molar-refractivity contribution in [3.05, 3.63) is 27.2 Å². The third kappa shape index (κ3) is 1.36. The van der Waals surface area contributed by atoms with Gasteiger partial charge in [-0.15, -0.1) is 0 Å². The maximum atomic E-state index is 10.9. The van der Waals surface area contributed by atoms with Crippen molar-refractivity contribution in [2.75, 3.05) is 6.61 Å². The van der Waals surface area contributed by atoms with Crippen LogP contribution in [0.25, 0.3) is 0 Å². The largest absolute Gasteiger partial charge is 0.493 e. The van der Waals surface area contributed by atoms with E-state index in [2.05, 4.69) is 15.9 Å². The van der Waals surface area contributed by atoms with Crippen LogP contribution >= 0.6 is 15.9 Å². The van der Waals surface area contributed by atoms with Crippen LogP contribution in [0.3, 0.4) is 0 Å². The van der Waals surface area contributed by atoms with Crippen LogP contribution < -0.4 is 4.74 Å². The van der Waals surface area contributed by atoms with Gasteiger partial charge < -0.3 is 4.74 Å². The number of benzene rings is 1. The number of fused-ring (bicyclic) bond motifs is 1. The summed E-state index contributed by atoms with van der Waals surface area (Å²) in [7, 11) is 0. The van der Waals surface area contributed by atoms with Crippen molar-refractivity contribution in [1.29, 1.82) is 0 Å². The molecular formula is C11H11BrO2. The lowest BCUT2D eigenvalue weighted by Crippen LogP contribution is -1.97. The lowest BCUT2D eigenvalue weighted by molar-refractivity contribution is 0.112. The third-order valence-electron chi connectivity index (χ3n) is 2.54. The van der Waals surface area contributed by atoms with E-state index >= 15 is 0 Å². The Morgan fingerprint density at radius 3 is 3.07 bits per heavy atom.